The molecule has 1 amide bonds. The molecule has 0 saturated carbocycles. The van der Waals surface area contributed by atoms with Crippen molar-refractivity contribution in [1.82, 2.24) is 15.3 Å². The number of hydrogen-bond donors (Lipinski definition) is 1. The van der Waals surface area contributed by atoms with Crippen molar-refractivity contribution in [3.63, 3.8) is 0 Å². The lowest BCUT2D eigenvalue weighted by Gasteiger charge is -2.49. The predicted molar refractivity (Wildman–Crippen MR) is 124 cm³/mol. The van der Waals surface area contributed by atoms with Gasteiger partial charge in [-0.05, 0) is 23.6 Å². The zero-order chi connectivity index (χ0) is 21.9. The third kappa shape index (κ3) is 3.98. The third-order valence-corrected chi connectivity index (χ3v) is 6.44. The second-order valence-electron chi connectivity index (χ2n) is 8.28. The Morgan fingerprint density at radius 3 is 2.81 bits per heavy atom. The highest BCUT2D eigenvalue weighted by atomic mass is 16.5. The predicted octanol–water partition coefficient (Wildman–Crippen LogP) is 2.67. The minimum atomic E-state index is -0.154. The van der Waals surface area contributed by atoms with Crippen LogP contribution in [-0.2, 0) is 17.8 Å². The first-order valence-electron chi connectivity index (χ1n) is 11.0. The van der Waals surface area contributed by atoms with E-state index in [1.165, 1.54) is 11.3 Å². The van der Waals surface area contributed by atoms with Crippen LogP contribution in [0.5, 0.6) is 5.75 Å². The van der Waals surface area contributed by atoms with E-state index in [0.717, 1.165) is 36.8 Å². The molecule has 2 aliphatic rings. The van der Waals surface area contributed by atoms with Crippen LogP contribution in [0.25, 0.3) is 0 Å². The van der Waals surface area contributed by atoms with Crippen LogP contribution in [0.15, 0.2) is 67.1 Å². The Hall–Kier alpha value is -3.61. The number of nitrogens with zero attached hydrogens (tertiary/aromatic N) is 4. The Bertz CT molecular complexity index is 1080. The topological polar surface area (TPSA) is 70.6 Å². The van der Waals surface area contributed by atoms with Gasteiger partial charge in [-0.15, -0.1) is 0 Å². The third-order valence-electron chi connectivity index (χ3n) is 6.44. The highest BCUT2D eigenvalue weighted by molar-refractivity contribution is 5.82. The summed E-state index contributed by atoms with van der Waals surface area (Å²) in [5, 5.41) is 3.17. The molecule has 1 saturated heterocycles. The number of nitrogens with one attached hydrogen (secondary N) is 1. The molecule has 7 heteroatoms. The molecular weight excluding hydrogens is 402 g/mol. The van der Waals surface area contributed by atoms with Gasteiger partial charge in [-0.25, -0.2) is 4.98 Å². The first-order chi connectivity index (χ1) is 15.7. The molecule has 3 heterocycles. The summed E-state index contributed by atoms with van der Waals surface area (Å²) < 4.78 is 5.48. The van der Waals surface area contributed by atoms with Crippen LogP contribution >= 0.6 is 0 Å². The number of benzene rings is 2. The van der Waals surface area contributed by atoms with Gasteiger partial charge in [0.1, 0.15) is 11.6 Å². The Morgan fingerprint density at radius 2 is 2.03 bits per heavy atom. The SMILES string of the molecule is COc1ccc2c(c1)N1CCN(c3cnccn3)C[C@H]1[C@H](C(=O)NCc1ccccc1)C2. The molecule has 2 aromatic carbocycles. The van der Waals surface area contributed by atoms with E-state index in [4.69, 9.17) is 4.74 Å². The molecule has 2 aliphatic heterocycles. The molecule has 0 radical (unpaired) electrons. The smallest absolute Gasteiger partial charge is 0.225 e. The van der Waals surface area contributed by atoms with Crippen molar-refractivity contribution in [3.8, 4) is 5.75 Å². The second-order valence-corrected chi connectivity index (χ2v) is 8.28. The lowest BCUT2D eigenvalue weighted by Crippen LogP contribution is -2.61. The van der Waals surface area contributed by atoms with Gasteiger partial charge in [-0.2, -0.15) is 0 Å². The molecule has 3 aromatic rings. The molecule has 32 heavy (non-hydrogen) atoms. The lowest BCUT2D eigenvalue weighted by molar-refractivity contribution is -0.126. The maximum absolute atomic E-state index is 13.4. The van der Waals surface area contributed by atoms with Crippen LogP contribution in [0.4, 0.5) is 11.5 Å². The van der Waals surface area contributed by atoms with E-state index in [2.05, 4.69) is 37.2 Å². The van der Waals surface area contributed by atoms with Crippen LogP contribution in [0.3, 0.4) is 0 Å². The van der Waals surface area contributed by atoms with Gasteiger partial charge >= 0.3 is 0 Å². The van der Waals surface area contributed by atoms with Crippen LogP contribution in [0.2, 0.25) is 0 Å². The average molecular weight is 430 g/mol. The van der Waals surface area contributed by atoms with Gasteiger partial charge in [-0.1, -0.05) is 36.4 Å². The zero-order valence-electron chi connectivity index (χ0n) is 18.1. The molecule has 2 atom stereocenters. The quantitative estimate of drug-likeness (QED) is 0.673. The molecule has 1 aromatic heterocycles. The number of anilines is 2. The lowest BCUT2D eigenvalue weighted by atomic mass is 9.83. The number of fused-ring (bicyclic) bond motifs is 3. The minimum absolute atomic E-state index is 0.0427. The number of aromatic nitrogens is 2. The Kier molecular flexibility index (Phi) is 5.62. The van der Waals surface area contributed by atoms with Crippen molar-refractivity contribution in [2.45, 2.75) is 19.0 Å². The molecule has 0 aliphatic carbocycles. The van der Waals surface area contributed by atoms with Gasteiger partial charge in [0.2, 0.25) is 5.91 Å². The number of rotatable bonds is 5. The molecule has 1 N–H and O–H groups in total. The Balaban J connectivity index is 1.42. The number of amides is 1. The largest absolute Gasteiger partial charge is 0.497 e. The summed E-state index contributed by atoms with van der Waals surface area (Å²) in [6.45, 7) is 2.89. The first-order valence-corrected chi connectivity index (χ1v) is 11.0. The number of hydrogen-bond acceptors (Lipinski definition) is 6. The summed E-state index contributed by atoms with van der Waals surface area (Å²) in [5.74, 6) is 1.63. The van der Waals surface area contributed by atoms with Gasteiger partial charge in [0, 0.05) is 50.3 Å². The monoisotopic (exact) mass is 429 g/mol. The number of ether oxygens (including phenoxy) is 1. The van der Waals surface area contributed by atoms with Crippen molar-refractivity contribution < 1.29 is 9.53 Å². The standard InChI is InChI=1S/C25H27N5O2/c1-32-20-8-7-19-13-21(25(31)28-15-18-5-3-2-4-6-18)23-17-29(24-16-26-9-10-27-24)11-12-30(23)22(19)14-20/h2-10,14,16,21,23H,11-13,15,17H2,1H3,(H,28,31)/t21-,23+/m1/s1. The zero-order valence-corrected chi connectivity index (χ0v) is 18.1. The number of carbonyl (C=O) groups excluding carboxylic acids is 1. The summed E-state index contributed by atoms with van der Waals surface area (Å²) in [6.07, 6.45) is 5.89. The van der Waals surface area contributed by atoms with E-state index in [1.807, 2.05) is 36.4 Å². The first kappa shape index (κ1) is 20.3. The molecule has 0 spiro atoms. The van der Waals surface area contributed by atoms with Gasteiger partial charge < -0.3 is 19.9 Å². The molecule has 0 bridgehead atoms. The summed E-state index contributed by atoms with van der Waals surface area (Å²) in [7, 11) is 1.69. The summed E-state index contributed by atoms with van der Waals surface area (Å²) >= 11 is 0. The van der Waals surface area contributed by atoms with Crippen molar-refractivity contribution in [1.29, 1.82) is 0 Å². The Morgan fingerprint density at radius 1 is 1.16 bits per heavy atom. The highest BCUT2D eigenvalue weighted by Gasteiger charge is 2.42. The second kappa shape index (κ2) is 8.86. The minimum Gasteiger partial charge on any atom is -0.497 e. The molecule has 1 fully saturated rings. The normalized spacial score (nSPS) is 19.7. The van der Waals surface area contributed by atoms with E-state index in [1.54, 1.807) is 25.7 Å². The van der Waals surface area contributed by atoms with E-state index in [0.29, 0.717) is 13.0 Å². The van der Waals surface area contributed by atoms with E-state index in [9.17, 15) is 4.79 Å². The molecule has 7 nitrogen and oxygen atoms in total. The fraction of sp³-hybridized carbons (Fsp3) is 0.320. The maximum atomic E-state index is 13.4. The van der Waals surface area contributed by atoms with Crippen LogP contribution in [0, 0.1) is 5.92 Å². The summed E-state index contributed by atoms with van der Waals surface area (Å²) in [5.41, 5.74) is 3.46. The van der Waals surface area contributed by atoms with Crippen molar-refractivity contribution in [2.24, 2.45) is 5.92 Å². The van der Waals surface area contributed by atoms with Gasteiger partial charge in [0.25, 0.3) is 0 Å². The maximum Gasteiger partial charge on any atom is 0.225 e. The highest BCUT2D eigenvalue weighted by Crippen LogP contribution is 2.38. The van der Waals surface area contributed by atoms with Crippen molar-refractivity contribution >= 4 is 17.4 Å². The fourth-order valence-corrected chi connectivity index (χ4v) is 4.78. The van der Waals surface area contributed by atoms with E-state index >= 15 is 0 Å². The number of methoxy groups -OCH3 is 1. The number of piperazine rings is 1. The van der Waals surface area contributed by atoms with Gasteiger partial charge in [0.05, 0.1) is 25.3 Å². The molecule has 0 unspecified atom stereocenters. The van der Waals surface area contributed by atoms with Crippen LogP contribution in [0.1, 0.15) is 11.1 Å². The van der Waals surface area contributed by atoms with Crippen LogP contribution < -0.4 is 19.9 Å². The van der Waals surface area contributed by atoms with Gasteiger partial charge in [-0.3, -0.25) is 9.78 Å². The molecule has 164 valence electrons. The van der Waals surface area contributed by atoms with Crippen molar-refractivity contribution in [2.75, 3.05) is 36.5 Å². The molecular formula is C25H27N5O2. The summed E-state index contributed by atoms with van der Waals surface area (Å²) in [6, 6.07) is 16.3. The number of carbonyl (C=O) groups is 1. The summed E-state index contributed by atoms with van der Waals surface area (Å²) in [4.78, 5) is 26.7. The fourth-order valence-electron chi connectivity index (χ4n) is 4.78. The van der Waals surface area contributed by atoms with E-state index in [-0.39, 0.29) is 17.9 Å². The van der Waals surface area contributed by atoms with Crippen molar-refractivity contribution in [3.05, 3.63) is 78.2 Å². The van der Waals surface area contributed by atoms with Crippen LogP contribution in [-0.4, -0.2) is 48.7 Å². The van der Waals surface area contributed by atoms with Gasteiger partial charge in [0.15, 0.2) is 0 Å². The van der Waals surface area contributed by atoms with E-state index < -0.39 is 0 Å². The average Bonchev–Trinajstić information content (AvgIpc) is 2.87. The molecule has 5 rings (SSSR count). The Labute approximate surface area is 188 Å².